The molecule has 228 valence electrons. The second kappa shape index (κ2) is 13.0. The highest BCUT2D eigenvalue weighted by molar-refractivity contribution is 6.76. The zero-order valence-electron chi connectivity index (χ0n) is 24.6. The predicted octanol–water partition coefficient (Wildman–Crippen LogP) is 5.92. The zero-order chi connectivity index (χ0) is 31.4. The molecular formula is C30H33F3N4O5Si. The Morgan fingerprint density at radius 1 is 1.02 bits per heavy atom. The average Bonchev–Trinajstić information content (AvgIpc) is 2.97. The van der Waals surface area contributed by atoms with Crippen molar-refractivity contribution in [2.75, 3.05) is 39.0 Å². The largest absolute Gasteiger partial charge is 0.497 e. The highest BCUT2D eigenvalue weighted by Gasteiger charge is 2.32. The van der Waals surface area contributed by atoms with Crippen molar-refractivity contribution in [3.8, 4) is 22.6 Å². The van der Waals surface area contributed by atoms with Gasteiger partial charge in [0.05, 0.1) is 30.9 Å². The van der Waals surface area contributed by atoms with Crippen LogP contribution in [0.4, 0.5) is 19.1 Å². The number of benzene rings is 2. The Hall–Kier alpha value is -4.23. The van der Waals surface area contributed by atoms with Crippen molar-refractivity contribution in [3.05, 3.63) is 76.8 Å². The van der Waals surface area contributed by atoms with Gasteiger partial charge in [-0.1, -0.05) is 31.8 Å². The molecule has 0 aliphatic rings. The summed E-state index contributed by atoms with van der Waals surface area (Å²) in [5, 5.41) is 0.415. The molecule has 2 heterocycles. The molecule has 2 aromatic carbocycles. The summed E-state index contributed by atoms with van der Waals surface area (Å²) < 4.78 is 57.8. The first kappa shape index (κ1) is 31.7. The molecule has 2 aromatic heterocycles. The fourth-order valence-electron chi connectivity index (χ4n) is 4.28. The molecule has 0 amide bonds. The van der Waals surface area contributed by atoms with Gasteiger partial charge in [-0.15, -0.1) is 0 Å². The van der Waals surface area contributed by atoms with Gasteiger partial charge < -0.3 is 19.1 Å². The van der Waals surface area contributed by atoms with Crippen molar-refractivity contribution in [1.82, 2.24) is 14.5 Å². The normalized spacial score (nSPS) is 11.9. The summed E-state index contributed by atoms with van der Waals surface area (Å²) in [4.78, 5) is 35.6. The van der Waals surface area contributed by atoms with E-state index in [-0.39, 0.29) is 29.3 Å². The summed E-state index contributed by atoms with van der Waals surface area (Å²) in [6.45, 7) is 5.04. The monoisotopic (exact) mass is 614 g/mol. The molecule has 0 radical (unpaired) electrons. The van der Waals surface area contributed by atoms with E-state index in [4.69, 9.17) is 14.2 Å². The Kier molecular flexibility index (Phi) is 9.55. The SMILES string of the molecule is COC(=O)c1ccc(-c2c(=O)n(-c3ccc(OC)cc3)cc3cnc(N(COCC[Si](C)(C)C)CC(F)(F)F)nc23)cc1. The lowest BCUT2D eigenvalue weighted by Crippen LogP contribution is -2.37. The number of nitrogens with zero attached hydrogens (tertiary/aromatic N) is 4. The van der Waals surface area contributed by atoms with Crippen LogP contribution in [0.1, 0.15) is 10.4 Å². The first-order chi connectivity index (χ1) is 20.3. The molecule has 0 saturated carbocycles. The van der Waals surface area contributed by atoms with Gasteiger partial charge in [0.25, 0.3) is 5.56 Å². The topological polar surface area (TPSA) is 95.8 Å². The molecule has 0 unspecified atom stereocenters. The fourth-order valence-corrected chi connectivity index (χ4v) is 5.03. The molecule has 0 atom stereocenters. The van der Waals surface area contributed by atoms with Crippen LogP contribution in [0.2, 0.25) is 25.7 Å². The summed E-state index contributed by atoms with van der Waals surface area (Å²) in [5.74, 6) is -0.186. The molecule has 4 aromatic rings. The number of aromatic nitrogens is 3. The number of hydrogen-bond donors (Lipinski definition) is 0. The minimum atomic E-state index is -4.55. The van der Waals surface area contributed by atoms with Gasteiger partial charge in [0.15, 0.2) is 0 Å². The van der Waals surface area contributed by atoms with E-state index in [1.807, 2.05) is 0 Å². The van der Waals surface area contributed by atoms with Crippen molar-refractivity contribution in [1.29, 1.82) is 0 Å². The van der Waals surface area contributed by atoms with Crippen molar-refractivity contribution in [2.24, 2.45) is 0 Å². The van der Waals surface area contributed by atoms with Crippen molar-refractivity contribution < 1.29 is 32.2 Å². The third-order valence-electron chi connectivity index (χ3n) is 6.58. The Morgan fingerprint density at radius 3 is 2.28 bits per heavy atom. The molecular weight excluding hydrogens is 581 g/mol. The van der Waals surface area contributed by atoms with Gasteiger partial charge in [-0.25, -0.2) is 14.8 Å². The van der Waals surface area contributed by atoms with E-state index in [0.29, 0.717) is 29.0 Å². The second-order valence-electron chi connectivity index (χ2n) is 11.1. The van der Waals surface area contributed by atoms with Gasteiger partial charge in [-0.3, -0.25) is 9.36 Å². The maximum Gasteiger partial charge on any atom is 0.406 e. The van der Waals surface area contributed by atoms with Crippen LogP contribution in [0.25, 0.3) is 27.7 Å². The molecule has 0 bridgehead atoms. The number of ether oxygens (including phenoxy) is 3. The number of carbonyl (C=O) groups excluding carboxylic acids is 1. The van der Waals surface area contributed by atoms with Crippen LogP contribution in [0.15, 0.2) is 65.7 Å². The number of alkyl halides is 3. The average molecular weight is 615 g/mol. The van der Waals surface area contributed by atoms with Crippen LogP contribution >= 0.6 is 0 Å². The van der Waals surface area contributed by atoms with Crippen LogP contribution in [0.5, 0.6) is 5.75 Å². The molecule has 0 saturated heterocycles. The van der Waals surface area contributed by atoms with E-state index in [9.17, 15) is 22.8 Å². The summed E-state index contributed by atoms with van der Waals surface area (Å²) in [6, 6.07) is 13.7. The Bertz CT molecular complexity index is 1640. The van der Waals surface area contributed by atoms with Crippen LogP contribution < -0.4 is 15.2 Å². The van der Waals surface area contributed by atoms with Crippen LogP contribution in [0.3, 0.4) is 0 Å². The highest BCUT2D eigenvalue weighted by Crippen LogP contribution is 2.28. The van der Waals surface area contributed by atoms with Gasteiger partial charge in [0.1, 0.15) is 19.0 Å². The molecule has 0 fully saturated rings. The first-order valence-corrected chi connectivity index (χ1v) is 17.2. The second-order valence-corrected chi connectivity index (χ2v) is 16.7. The molecule has 0 spiro atoms. The van der Waals surface area contributed by atoms with E-state index in [1.54, 1.807) is 36.4 Å². The number of rotatable bonds is 11. The molecule has 0 aliphatic heterocycles. The van der Waals surface area contributed by atoms with Crippen LogP contribution in [-0.2, 0) is 9.47 Å². The lowest BCUT2D eigenvalue weighted by atomic mass is 10.0. The van der Waals surface area contributed by atoms with Gasteiger partial charge in [0.2, 0.25) is 5.95 Å². The number of anilines is 1. The van der Waals surface area contributed by atoms with E-state index in [1.165, 1.54) is 43.3 Å². The minimum Gasteiger partial charge on any atom is -0.497 e. The highest BCUT2D eigenvalue weighted by atomic mass is 28.3. The maximum atomic E-state index is 14.0. The zero-order valence-corrected chi connectivity index (χ0v) is 25.6. The number of hydrogen-bond acceptors (Lipinski definition) is 8. The summed E-state index contributed by atoms with van der Waals surface area (Å²) in [5.41, 5.74) is 1.01. The third kappa shape index (κ3) is 7.99. The van der Waals surface area contributed by atoms with Gasteiger partial charge >= 0.3 is 12.1 Å². The fraction of sp³-hybridized carbons (Fsp3) is 0.333. The Balaban J connectivity index is 1.86. The number of esters is 1. The number of pyridine rings is 1. The standard InChI is InChI=1S/C30H33F3N4O5Si/c1-40-24-12-10-23(11-13-24)37-17-22-16-34-29(36(18-30(31,32)33)19-42-14-15-43(3,4)5)35-26(22)25(27(37)38)20-6-8-21(9-7-20)28(39)41-2/h6-13,16-17H,14-15,18-19H2,1-5H3. The van der Waals surface area contributed by atoms with Crippen molar-refractivity contribution in [3.63, 3.8) is 0 Å². The van der Waals surface area contributed by atoms with E-state index < -0.39 is 32.3 Å². The van der Waals surface area contributed by atoms with Crippen molar-refractivity contribution >= 4 is 30.9 Å². The molecule has 13 heteroatoms. The predicted molar refractivity (Wildman–Crippen MR) is 161 cm³/mol. The third-order valence-corrected chi connectivity index (χ3v) is 8.29. The van der Waals surface area contributed by atoms with Gasteiger partial charge in [0, 0.05) is 38.1 Å². The lowest BCUT2D eigenvalue weighted by Gasteiger charge is -2.25. The summed E-state index contributed by atoms with van der Waals surface area (Å²) >= 11 is 0. The molecule has 43 heavy (non-hydrogen) atoms. The molecule has 4 rings (SSSR count). The Morgan fingerprint density at radius 2 is 1.70 bits per heavy atom. The molecule has 0 aliphatic carbocycles. The first-order valence-electron chi connectivity index (χ1n) is 13.4. The van der Waals surface area contributed by atoms with Gasteiger partial charge in [-0.2, -0.15) is 13.2 Å². The summed E-state index contributed by atoms with van der Waals surface area (Å²) in [6.07, 6.45) is -1.63. The van der Waals surface area contributed by atoms with E-state index in [0.717, 1.165) is 10.9 Å². The molecule has 9 nitrogen and oxygen atoms in total. The number of carbonyl (C=O) groups is 1. The quantitative estimate of drug-likeness (QED) is 0.0889. The molecule has 0 N–H and O–H groups in total. The van der Waals surface area contributed by atoms with Crippen LogP contribution in [0, 0.1) is 0 Å². The minimum absolute atomic E-state index is 0.125. The van der Waals surface area contributed by atoms with E-state index >= 15 is 0 Å². The van der Waals surface area contributed by atoms with Crippen molar-refractivity contribution in [2.45, 2.75) is 31.9 Å². The van der Waals surface area contributed by atoms with Crippen LogP contribution in [-0.4, -0.2) is 68.9 Å². The van der Waals surface area contributed by atoms with Gasteiger partial charge in [-0.05, 0) is 48.0 Å². The number of halogens is 3. The van der Waals surface area contributed by atoms with E-state index in [2.05, 4.69) is 29.6 Å². The number of fused-ring (bicyclic) bond motifs is 1. The Labute approximate surface area is 247 Å². The summed E-state index contributed by atoms with van der Waals surface area (Å²) in [7, 11) is 1.32. The lowest BCUT2D eigenvalue weighted by molar-refractivity contribution is -0.122. The maximum absolute atomic E-state index is 14.0. The smallest absolute Gasteiger partial charge is 0.406 e. The number of methoxy groups -OCH3 is 2.